The fourth-order valence-electron chi connectivity index (χ4n) is 1.78. The molecule has 1 amide bonds. The minimum absolute atomic E-state index is 0.0165. The number of carboxylic acid groups (broad SMARTS) is 1. The van der Waals surface area contributed by atoms with Gasteiger partial charge in [-0.25, -0.2) is 9.78 Å². The average molecular weight is 306 g/mol. The van der Waals surface area contributed by atoms with Gasteiger partial charge in [-0.05, 0) is 25.1 Å². The minimum atomic E-state index is -1.13. The van der Waals surface area contributed by atoms with Crippen LogP contribution in [0.2, 0.25) is 0 Å². The van der Waals surface area contributed by atoms with Crippen molar-refractivity contribution < 1.29 is 19.4 Å². The van der Waals surface area contributed by atoms with Crippen molar-refractivity contribution in [1.82, 2.24) is 4.98 Å². The number of ether oxygens (including phenoxy) is 1. The van der Waals surface area contributed by atoms with Crippen molar-refractivity contribution in [2.45, 2.75) is 13.3 Å². The smallest absolute Gasteiger partial charge is 0.337 e. The third-order valence-electron chi connectivity index (χ3n) is 2.74. The molecule has 6 nitrogen and oxygen atoms in total. The van der Waals surface area contributed by atoms with Crippen molar-refractivity contribution in [3.63, 3.8) is 0 Å². The summed E-state index contributed by atoms with van der Waals surface area (Å²) in [6.07, 6.45) is 0.107. The molecule has 1 aromatic heterocycles. The maximum Gasteiger partial charge on any atom is 0.337 e. The van der Waals surface area contributed by atoms with Crippen LogP contribution >= 0.6 is 11.3 Å². The van der Waals surface area contributed by atoms with Crippen molar-refractivity contribution in [3.05, 3.63) is 39.8 Å². The van der Waals surface area contributed by atoms with Gasteiger partial charge in [-0.3, -0.25) is 4.79 Å². The number of anilines is 1. The van der Waals surface area contributed by atoms with Gasteiger partial charge in [0.2, 0.25) is 5.91 Å². The predicted molar refractivity (Wildman–Crippen MR) is 79.1 cm³/mol. The van der Waals surface area contributed by atoms with Crippen LogP contribution < -0.4 is 10.1 Å². The molecule has 0 saturated carbocycles. The van der Waals surface area contributed by atoms with Crippen LogP contribution in [0, 0.1) is 6.92 Å². The Balaban J connectivity index is 2.14. The Morgan fingerprint density at radius 3 is 2.76 bits per heavy atom. The number of carboxylic acids is 1. The van der Waals surface area contributed by atoms with Gasteiger partial charge in [-0.15, -0.1) is 11.3 Å². The molecule has 0 fully saturated rings. The van der Waals surface area contributed by atoms with E-state index in [2.05, 4.69) is 10.3 Å². The predicted octanol–water partition coefficient (Wildman–Crippen LogP) is 2.34. The molecule has 0 radical (unpaired) electrons. The second-order valence-corrected chi connectivity index (χ2v) is 5.36. The van der Waals surface area contributed by atoms with Crippen LogP contribution in [0.5, 0.6) is 5.75 Å². The zero-order chi connectivity index (χ0) is 15.4. The minimum Gasteiger partial charge on any atom is -0.497 e. The Labute approximate surface area is 125 Å². The Hall–Kier alpha value is -2.41. The number of thiazole rings is 1. The number of amides is 1. The number of hydrogen-bond acceptors (Lipinski definition) is 5. The van der Waals surface area contributed by atoms with Gasteiger partial charge in [0.15, 0.2) is 0 Å². The lowest BCUT2D eigenvalue weighted by Gasteiger charge is -2.09. The fraction of sp³-hybridized carbons (Fsp3) is 0.214. The first-order valence-electron chi connectivity index (χ1n) is 6.12. The SMILES string of the molecule is COc1ccc(NC(=O)Cc2csc(C)n2)c(C(=O)O)c1. The van der Waals surface area contributed by atoms with Gasteiger partial charge in [0.1, 0.15) is 5.75 Å². The number of nitrogens with one attached hydrogen (secondary N) is 1. The molecule has 0 aliphatic rings. The summed E-state index contributed by atoms with van der Waals surface area (Å²) in [4.78, 5) is 27.4. The number of nitrogens with zero attached hydrogens (tertiary/aromatic N) is 1. The van der Waals surface area contributed by atoms with E-state index >= 15 is 0 Å². The molecule has 1 heterocycles. The van der Waals surface area contributed by atoms with E-state index in [1.54, 1.807) is 11.4 Å². The third kappa shape index (κ3) is 3.79. The summed E-state index contributed by atoms with van der Waals surface area (Å²) in [6.45, 7) is 1.86. The van der Waals surface area contributed by atoms with E-state index in [-0.39, 0.29) is 23.6 Å². The van der Waals surface area contributed by atoms with Crippen LogP contribution in [0.15, 0.2) is 23.6 Å². The molecule has 21 heavy (non-hydrogen) atoms. The number of methoxy groups -OCH3 is 1. The van der Waals surface area contributed by atoms with Gasteiger partial charge < -0.3 is 15.2 Å². The molecule has 2 aromatic rings. The lowest BCUT2D eigenvalue weighted by molar-refractivity contribution is -0.115. The van der Waals surface area contributed by atoms with Crippen LogP contribution in [0.3, 0.4) is 0 Å². The summed E-state index contributed by atoms with van der Waals surface area (Å²) >= 11 is 1.46. The highest BCUT2D eigenvalue weighted by atomic mass is 32.1. The van der Waals surface area contributed by atoms with Crippen molar-refractivity contribution in [1.29, 1.82) is 0 Å². The fourth-order valence-corrected chi connectivity index (χ4v) is 2.40. The molecule has 1 aromatic carbocycles. The van der Waals surface area contributed by atoms with Crippen molar-refractivity contribution in [3.8, 4) is 5.75 Å². The lowest BCUT2D eigenvalue weighted by atomic mass is 10.1. The summed E-state index contributed by atoms with van der Waals surface area (Å²) in [5, 5.41) is 14.5. The summed E-state index contributed by atoms with van der Waals surface area (Å²) < 4.78 is 4.98. The molecule has 0 saturated heterocycles. The first kappa shape index (κ1) is 15.0. The highest BCUT2D eigenvalue weighted by molar-refractivity contribution is 7.09. The van der Waals surface area contributed by atoms with Crippen LogP contribution in [-0.2, 0) is 11.2 Å². The molecular formula is C14H14N2O4S. The van der Waals surface area contributed by atoms with Crippen molar-refractivity contribution in [2.75, 3.05) is 12.4 Å². The maximum atomic E-state index is 11.9. The number of benzene rings is 1. The first-order valence-corrected chi connectivity index (χ1v) is 6.99. The zero-order valence-electron chi connectivity index (χ0n) is 11.5. The Bertz CT molecular complexity index is 681. The molecule has 2 rings (SSSR count). The van der Waals surface area contributed by atoms with Crippen molar-refractivity contribution >= 4 is 28.9 Å². The third-order valence-corrected chi connectivity index (χ3v) is 3.56. The van der Waals surface area contributed by atoms with E-state index < -0.39 is 5.97 Å². The number of aromatic carboxylic acids is 1. The number of aryl methyl sites for hydroxylation is 1. The summed E-state index contributed by atoms with van der Waals surface area (Å²) in [6, 6.07) is 4.46. The van der Waals surface area contributed by atoms with E-state index in [0.29, 0.717) is 11.4 Å². The van der Waals surface area contributed by atoms with Gasteiger partial charge in [0, 0.05) is 5.38 Å². The molecular weight excluding hydrogens is 292 g/mol. The number of carbonyl (C=O) groups excluding carboxylic acids is 1. The Morgan fingerprint density at radius 2 is 2.19 bits per heavy atom. The van der Waals surface area contributed by atoms with E-state index in [9.17, 15) is 14.7 Å². The van der Waals surface area contributed by atoms with Crippen molar-refractivity contribution in [2.24, 2.45) is 0 Å². The zero-order valence-corrected chi connectivity index (χ0v) is 12.4. The highest BCUT2D eigenvalue weighted by Crippen LogP contribution is 2.22. The maximum absolute atomic E-state index is 11.9. The number of carbonyl (C=O) groups is 2. The molecule has 0 atom stereocenters. The average Bonchev–Trinajstić information content (AvgIpc) is 2.84. The van der Waals surface area contributed by atoms with Gasteiger partial charge in [0.05, 0.1) is 35.5 Å². The highest BCUT2D eigenvalue weighted by Gasteiger charge is 2.14. The summed E-state index contributed by atoms with van der Waals surface area (Å²) in [7, 11) is 1.45. The second-order valence-electron chi connectivity index (χ2n) is 4.30. The summed E-state index contributed by atoms with van der Waals surface area (Å²) in [5.41, 5.74) is 0.887. The molecule has 0 aliphatic carbocycles. The van der Waals surface area contributed by atoms with E-state index in [0.717, 1.165) is 5.01 Å². The van der Waals surface area contributed by atoms with Crippen LogP contribution in [-0.4, -0.2) is 29.1 Å². The normalized spacial score (nSPS) is 10.2. The van der Waals surface area contributed by atoms with Gasteiger partial charge in [0.25, 0.3) is 0 Å². The van der Waals surface area contributed by atoms with Gasteiger partial charge in [-0.2, -0.15) is 0 Å². The molecule has 2 N–H and O–H groups in total. The van der Waals surface area contributed by atoms with Crippen LogP contribution in [0.4, 0.5) is 5.69 Å². The molecule has 0 aliphatic heterocycles. The molecule has 0 spiro atoms. The molecule has 110 valence electrons. The number of aromatic nitrogens is 1. The Kier molecular flexibility index (Phi) is 4.54. The standard InChI is InChI=1S/C14H14N2O4S/c1-8-15-9(7-21-8)5-13(17)16-12-4-3-10(20-2)6-11(12)14(18)19/h3-4,6-7H,5H2,1-2H3,(H,16,17)(H,18,19). The van der Waals surface area contributed by atoms with Crippen LogP contribution in [0.25, 0.3) is 0 Å². The lowest BCUT2D eigenvalue weighted by Crippen LogP contribution is -2.17. The Morgan fingerprint density at radius 1 is 1.43 bits per heavy atom. The molecule has 0 bridgehead atoms. The topological polar surface area (TPSA) is 88.5 Å². The summed E-state index contributed by atoms with van der Waals surface area (Å²) in [5.74, 6) is -1.03. The largest absolute Gasteiger partial charge is 0.497 e. The van der Waals surface area contributed by atoms with E-state index in [1.807, 2.05) is 6.92 Å². The molecule has 7 heteroatoms. The molecule has 0 unspecified atom stereocenters. The van der Waals surface area contributed by atoms with Gasteiger partial charge >= 0.3 is 5.97 Å². The second kappa shape index (κ2) is 6.36. The monoisotopic (exact) mass is 306 g/mol. The van der Waals surface area contributed by atoms with Crippen LogP contribution in [0.1, 0.15) is 21.1 Å². The quantitative estimate of drug-likeness (QED) is 0.885. The van der Waals surface area contributed by atoms with E-state index in [1.165, 1.54) is 30.6 Å². The number of rotatable bonds is 5. The number of hydrogen-bond donors (Lipinski definition) is 2. The van der Waals surface area contributed by atoms with Gasteiger partial charge in [-0.1, -0.05) is 0 Å². The first-order chi connectivity index (χ1) is 9.99. The van der Waals surface area contributed by atoms with E-state index in [4.69, 9.17) is 4.74 Å².